The molecule has 0 amide bonds. The van der Waals surface area contributed by atoms with Gasteiger partial charge in [-0.2, -0.15) is 0 Å². The van der Waals surface area contributed by atoms with E-state index in [1.807, 2.05) is 0 Å². The van der Waals surface area contributed by atoms with Crippen molar-refractivity contribution in [2.24, 2.45) is 5.73 Å². The number of nitrogens with two attached hydrogens (primary N) is 1. The van der Waals surface area contributed by atoms with Gasteiger partial charge in [0.2, 0.25) is 0 Å². The largest absolute Gasteiger partial charge is 0.328 e. The predicted octanol–water partition coefficient (Wildman–Crippen LogP) is 0.815. The zero-order chi connectivity index (χ0) is 8.10. The molecule has 0 bridgehead atoms. The van der Waals surface area contributed by atoms with E-state index in [0.29, 0.717) is 18.6 Å². The average Bonchev–Trinajstić information content (AvgIpc) is 2.04. The van der Waals surface area contributed by atoms with Crippen molar-refractivity contribution in [2.75, 3.05) is 13.2 Å². The summed E-state index contributed by atoms with van der Waals surface area (Å²) in [5, 5.41) is 3.16. The molecule has 1 rings (SSSR count). The summed E-state index contributed by atoms with van der Waals surface area (Å²) in [5.74, 6) is 0. The summed E-state index contributed by atoms with van der Waals surface area (Å²) in [6.07, 6.45) is 4.40. The third-order valence-corrected chi connectivity index (χ3v) is 2.30. The number of hydrogen-bond donors (Lipinski definition) is 2. The second kappa shape index (κ2) is 4.67. The molecule has 0 aromatic rings. The molecule has 1 saturated carbocycles. The molecule has 0 spiro atoms. The molecule has 0 aliphatic heterocycles. The van der Waals surface area contributed by atoms with Crippen LogP contribution in [0.4, 0.5) is 4.39 Å². The van der Waals surface area contributed by atoms with Crippen LogP contribution < -0.4 is 11.1 Å². The molecule has 1 fully saturated rings. The highest BCUT2D eigenvalue weighted by atomic mass is 19.1. The summed E-state index contributed by atoms with van der Waals surface area (Å²) in [4.78, 5) is 0. The fourth-order valence-corrected chi connectivity index (χ4v) is 1.58. The zero-order valence-electron chi connectivity index (χ0n) is 6.85. The van der Waals surface area contributed by atoms with Gasteiger partial charge in [0.05, 0.1) is 0 Å². The van der Waals surface area contributed by atoms with E-state index in [9.17, 15) is 4.39 Å². The van der Waals surface area contributed by atoms with Crippen molar-refractivity contribution in [1.82, 2.24) is 5.32 Å². The molecular weight excluding hydrogens is 143 g/mol. The third-order valence-electron chi connectivity index (χ3n) is 2.30. The van der Waals surface area contributed by atoms with Crippen molar-refractivity contribution in [3.8, 4) is 0 Å². The van der Waals surface area contributed by atoms with Gasteiger partial charge in [0, 0.05) is 18.6 Å². The predicted molar refractivity (Wildman–Crippen MR) is 44.2 cm³/mol. The van der Waals surface area contributed by atoms with Crippen LogP contribution >= 0.6 is 0 Å². The Hall–Kier alpha value is -0.150. The Labute approximate surface area is 67.3 Å². The third kappa shape index (κ3) is 3.16. The fraction of sp³-hybridized carbons (Fsp3) is 1.00. The van der Waals surface area contributed by atoms with Crippen LogP contribution in [0, 0.1) is 0 Å². The maximum atomic E-state index is 11.7. The molecule has 2 nitrogen and oxygen atoms in total. The maximum absolute atomic E-state index is 11.7. The van der Waals surface area contributed by atoms with E-state index < -0.39 is 0 Å². The minimum Gasteiger partial charge on any atom is -0.328 e. The van der Waals surface area contributed by atoms with Crippen LogP contribution in [-0.4, -0.2) is 25.3 Å². The number of rotatable bonds is 3. The lowest BCUT2D eigenvalue weighted by Crippen LogP contribution is -2.38. The first kappa shape index (κ1) is 8.94. The van der Waals surface area contributed by atoms with E-state index in [2.05, 4.69) is 5.32 Å². The van der Waals surface area contributed by atoms with Gasteiger partial charge < -0.3 is 11.1 Å². The molecule has 1 aliphatic rings. The molecule has 0 heterocycles. The van der Waals surface area contributed by atoms with Gasteiger partial charge in [-0.05, 0) is 25.7 Å². The van der Waals surface area contributed by atoms with Gasteiger partial charge in [0.1, 0.15) is 6.67 Å². The Kier molecular flexibility index (Phi) is 3.80. The van der Waals surface area contributed by atoms with Crippen LogP contribution in [0.2, 0.25) is 0 Å². The number of nitrogens with one attached hydrogen (secondary N) is 1. The first-order chi connectivity index (χ1) is 5.33. The topological polar surface area (TPSA) is 38.0 Å². The Morgan fingerprint density at radius 1 is 1.27 bits per heavy atom. The molecule has 0 radical (unpaired) electrons. The molecule has 1 aliphatic carbocycles. The Bertz CT molecular complexity index is 97.5. The number of hydrogen-bond acceptors (Lipinski definition) is 2. The van der Waals surface area contributed by atoms with Crippen LogP contribution in [0.3, 0.4) is 0 Å². The first-order valence-corrected chi connectivity index (χ1v) is 4.38. The summed E-state index contributed by atoms with van der Waals surface area (Å²) >= 11 is 0. The van der Waals surface area contributed by atoms with E-state index in [1.165, 1.54) is 0 Å². The lowest BCUT2D eigenvalue weighted by atomic mass is 9.92. The molecule has 3 heteroatoms. The normalized spacial score (nSPS) is 32.2. The van der Waals surface area contributed by atoms with Gasteiger partial charge in [-0.1, -0.05) is 0 Å². The SMILES string of the molecule is N[C@H]1CC[C@H](NCCF)CC1. The second-order valence-corrected chi connectivity index (χ2v) is 3.25. The van der Waals surface area contributed by atoms with E-state index in [0.717, 1.165) is 25.7 Å². The number of alkyl halides is 1. The summed E-state index contributed by atoms with van der Waals surface area (Å²) in [6.45, 7) is 0.239. The lowest BCUT2D eigenvalue weighted by molar-refractivity contribution is 0.330. The van der Waals surface area contributed by atoms with Crippen LogP contribution in [0.15, 0.2) is 0 Å². The van der Waals surface area contributed by atoms with Crippen LogP contribution in [-0.2, 0) is 0 Å². The molecule has 0 atom stereocenters. The van der Waals surface area contributed by atoms with E-state index >= 15 is 0 Å². The quantitative estimate of drug-likeness (QED) is 0.641. The van der Waals surface area contributed by atoms with Crippen molar-refractivity contribution in [3.63, 3.8) is 0 Å². The minimum absolute atomic E-state index is 0.261. The minimum atomic E-state index is -0.261. The van der Waals surface area contributed by atoms with E-state index in [-0.39, 0.29) is 6.67 Å². The van der Waals surface area contributed by atoms with Crippen molar-refractivity contribution in [3.05, 3.63) is 0 Å². The highest BCUT2D eigenvalue weighted by Crippen LogP contribution is 2.16. The summed E-state index contributed by atoms with van der Waals surface area (Å²) < 4.78 is 11.7. The first-order valence-electron chi connectivity index (χ1n) is 4.38. The number of halogens is 1. The van der Waals surface area contributed by atoms with Gasteiger partial charge >= 0.3 is 0 Å². The molecule has 0 saturated heterocycles. The maximum Gasteiger partial charge on any atom is 0.102 e. The van der Waals surface area contributed by atoms with E-state index in [1.54, 1.807) is 0 Å². The van der Waals surface area contributed by atoms with Crippen LogP contribution in [0.1, 0.15) is 25.7 Å². The lowest BCUT2D eigenvalue weighted by Gasteiger charge is -2.26. The highest BCUT2D eigenvalue weighted by Gasteiger charge is 2.17. The molecular formula is C8H17FN2. The molecule has 0 aromatic heterocycles. The Balaban J connectivity index is 2.07. The van der Waals surface area contributed by atoms with E-state index in [4.69, 9.17) is 5.73 Å². The fourth-order valence-electron chi connectivity index (χ4n) is 1.58. The smallest absolute Gasteiger partial charge is 0.102 e. The molecule has 0 unspecified atom stereocenters. The van der Waals surface area contributed by atoms with Crippen molar-refractivity contribution < 1.29 is 4.39 Å². The Morgan fingerprint density at radius 3 is 2.45 bits per heavy atom. The van der Waals surface area contributed by atoms with Gasteiger partial charge in [0.15, 0.2) is 0 Å². The Morgan fingerprint density at radius 2 is 1.91 bits per heavy atom. The molecule has 3 N–H and O–H groups in total. The monoisotopic (exact) mass is 160 g/mol. The standard InChI is InChI=1S/C8H17FN2/c9-5-6-11-8-3-1-7(10)2-4-8/h7-8,11H,1-6,10H2/t7-,8-. The van der Waals surface area contributed by atoms with Gasteiger partial charge in [0.25, 0.3) is 0 Å². The van der Waals surface area contributed by atoms with Crippen LogP contribution in [0.25, 0.3) is 0 Å². The average molecular weight is 160 g/mol. The van der Waals surface area contributed by atoms with Crippen molar-refractivity contribution in [2.45, 2.75) is 37.8 Å². The van der Waals surface area contributed by atoms with Crippen molar-refractivity contribution >= 4 is 0 Å². The van der Waals surface area contributed by atoms with Crippen LogP contribution in [0.5, 0.6) is 0 Å². The molecule has 11 heavy (non-hydrogen) atoms. The summed E-state index contributed by atoms with van der Waals surface area (Å²) in [5.41, 5.74) is 5.72. The molecule has 66 valence electrons. The zero-order valence-corrected chi connectivity index (χ0v) is 6.85. The summed E-state index contributed by atoms with van der Waals surface area (Å²) in [7, 11) is 0. The van der Waals surface area contributed by atoms with Gasteiger partial charge in [-0.25, -0.2) is 4.39 Å². The highest BCUT2D eigenvalue weighted by molar-refractivity contribution is 4.78. The second-order valence-electron chi connectivity index (χ2n) is 3.25. The van der Waals surface area contributed by atoms with Gasteiger partial charge in [-0.15, -0.1) is 0 Å². The van der Waals surface area contributed by atoms with Crippen molar-refractivity contribution in [1.29, 1.82) is 0 Å². The summed E-state index contributed by atoms with van der Waals surface area (Å²) in [6, 6.07) is 0.906. The molecule has 0 aromatic carbocycles. The van der Waals surface area contributed by atoms with Gasteiger partial charge in [-0.3, -0.25) is 0 Å².